The molecule has 9 heteroatoms. The van der Waals surface area contributed by atoms with Crippen molar-refractivity contribution in [2.75, 3.05) is 43.9 Å². The van der Waals surface area contributed by atoms with Crippen LogP contribution in [0.4, 0.5) is 15.6 Å². The van der Waals surface area contributed by atoms with Gasteiger partial charge in [0.05, 0.1) is 18.9 Å². The van der Waals surface area contributed by atoms with Gasteiger partial charge in [0, 0.05) is 36.3 Å². The smallest absolute Gasteiger partial charge is 0.320 e. The molecule has 1 fully saturated rings. The molecule has 2 aromatic carbocycles. The first-order valence-electron chi connectivity index (χ1n) is 10.4. The summed E-state index contributed by atoms with van der Waals surface area (Å²) in [5, 5.41) is 5.29. The van der Waals surface area contributed by atoms with Crippen LogP contribution in [-0.2, 0) is 16.1 Å². The second kappa shape index (κ2) is 10.3. The fraction of sp³-hybridized carbons (Fsp3) is 0.261. The van der Waals surface area contributed by atoms with E-state index in [1.54, 1.807) is 9.80 Å². The Balaban J connectivity index is 1.42. The molecule has 8 nitrogen and oxygen atoms in total. The molecule has 1 aromatic heterocycles. The molecule has 4 rings (SSSR count). The third kappa shape index (κ3) is 5.63. The van der Waals surface area contributed by atoms with Gasteiger partial charge in [0.1, 0.15) is 6.54 Å². The lowest BCUT2D eigenvalue weighted by Crippen LogP contribution is -2.49. The molecule has 0 radical (unpaired) electrons. The Hall–Kier alpha value is -3.43. The van der Waals surface area contributed by atoms with Crippen LogP contribution in [0.2, 0.25) is 0 Å². The van der Waals surface area contributed by atoms with E-state index in [1.165, 1.54) is 11.3 Å². The number of nitrogens with two attached hydrogens (primary N) is 1. The summed E-state index contributed by atoms with van der Waals surface area (Å²) in [5.74, 6) is -0.256. The van der Waals surface area contributed by atoms with Gasteiger partial charge in [-0.2, -0.15) is 0 Å². The maximum Gasteiger partial charge on any atom is 0.320 e. The van der Waals surface area contributed by atoms with Crippen LogP contribution in [0.3, 0.4) is 0 Å². The molecule has 166 valence electrons. The van der Waals surface area contributed by atoms with Gasteiger partial charge in [0.15, 0.2) is 5.13 Å². The average molecular weight is 452 g/mol. The molecule has 1 saturated heterocycles. The minimum Gasteiger partial charge on any atom is -0.378 e. The van der Waals surface area contributed by atoms with Gasteiger partial charge in [-0.25, -0.2) is 9.78 Å². The third-order valence-electron chi connectivity index (χ3n) is 5.09. The molecule has 1 aliphatic heterocycles. The number of anilines is 2. The standard InChI is InChI=1S/C23H25N5O3S/c24-22-26-20(16-32-22)18-6-8-19(9-7-18)25-21(29)15-28(14-17-4-2-1-3-5-17)23(30)27-10-12-31-13-11-27/h1-9,16H,10-15H2,(H2,24,26)(H,25,29). The van der Waals surface area contributed by atoms with Crippen molar-refractivity contribution in [1.29, 1.82) is 0 Å². The van der Waals surface area contributed by atoms with Crippen LogP contribution in [0.15, 0.2) is 60.0 Å². The molecular weight excluding hydrogens is 426 g/mol. The maximum absolute atomic E-state index is 13.1. The SMILES string of the molecule is Nc1nc(-c2ccc(NC(=O)CN(Cc3ccccc3)C(=O)N3CCOCC3)cc2)cs1. The zero-order valence-electron chi connectivity index (χ0n) is 17.6. The summed E-state index contributed by atoms with van der Waals surface area (Å²) in [6, 6.07) is 16.9. The molecule has 0 unspecified atom stereocenters. The highest BCUT2D eigenvalue weighted by atomic mass is 32.1. The van der Waals surface area contributed by atoms with Crippen LogP contribution in [0, 0.1) is 0 Å². The van der Waals surface area contributed by atoms with Gasteiger partial charge in [-0.05, 0) is 17.7 Å². The third-order valence-corrected chi connectivity index (χ3v) is 5.76. The Labute approximate surface area is 190 Å². The first-order valence-corrected chi connectivity index (χ1v) is 11.2. The molecule has 0 atom stereocenters. The number of aromatic nitrogens is 1. The second-order valence-corrected chi connectivity index (χ2v) is 8.31. The van der Waals surface area contributed by atoms with E-state index in [-0.39, 0.29) is 18.5 Å². The lowest BCUT2D eigenvalue weighted by Gasteiger charge is -2.32. The van der Waals surface area contributed by atoms with Gasteiger partial charge in [0.25, 0.3) is 0 Å². The molecule has 0 spiro atoms. The number of nitrogens with zero attached hydrogens (tertiary/aromatic N) is 3. The van der Waals surface area contributed by atoms with E-state index in [4.69, 9.17) is 10.5 Å². The predicted octanol–water partition coefficient (Wildman–Crippen LogP) is 3.29. The van der Waals surface area contributed by atoms with Crippen molar-refractivity contribution in [3.63, 3.8) is 0 Å². The first-order chi connectivity index (χ1) is 15.6. The largest absolute Gasteiger partial charge is 0.378 e. The van der Waals surface area contributed by atoms with E-state index in [0.29, 0.717) is 43.7 Å². The van der Waals surface area contributed by atoms with Crippen molar-refractivity contribution in [2.45, 2.75) is 6.54 Å². The van der Waals surface area contributed by atoms with Crippen LogP contribution in [-0.4, -0.2) is 59.6 Å². The molecule has 3 N–H and O–H groups in total. The number of urea groups is 1. The van der Waals surface area contributed by atoms with Crippen molar-refractivity contribution in [3.8, 4) is 11.3 Å². The summed E-state index contributed by atoms with van der Waals surface area (Å²) < 4.78 is 5.35. The van der Waals surface area contributed by atoms with Crippen LogP contribution >= 0.6 is 11.3 Å². The zero-order valence-corrected chi connectivity index (χ0v) is 18.4. The van der Waals surface area contributed by atoms with Crippen LogP contribution in [0.5, 0.6) is 0 Å². The molecular formula is C23H25N5O3S. The molecule has 3 amide bonds. The fourth-order valence-corrected chi connectivity index (χ4v) is 4.04. The number of carbonyl (C=O) groups excluding carboxylic acids is 2. The summed E-state index contributed by atoms with van der Waals surface area (Å²) in [6.45, 7) is 2.37. The molecule has 2 heterocycles. The van der Waals surface area contributed by atoms with Gasteiger partial charge < -0.3 is 25.6 Å². The first kappa shape index (κ1) is 21.8. The Kier molecular flexibility index (Phi) is 6.98. The Morgan fingerprint density at radius 3 is 2.47 bits per heavy atom. The number of hydrogen-bond acceptors (Lipinski definition) is 6. The molecule has 1 aliphatic rings. The minimum absolute atomic E-state index is 0.0462. The number of thiazole rings is 1. The monoisotopic (exact) mass is 451 g/mol. The molecule has 32 heavy (non-hydrogen) atoms. The predicted molar refractivity (Wildman–Crippen MR) is 125 cm³/mol. The highest BCUT2D eigenvalue weighted by Crippen LogP contribution is 2.24. The summed E-state index contributed by atoms with van der Waals surface area (Å²) in [5.41, 5.74) is 9.04. The number of ether oxygens (including phenoxy) is 1. The van der Waals surface area contributed by atoms with Crippen LogP contribution in [0.1, 0.15) is 5.56 Å². The van der Waals surface area contributed by atoms with Gasteiger partial charge >= 0.3 is 6.03 Å². The number of nitrogens with one attached hydrogen (secondary N) is 1. The van der Waals surface area contributed by atoms with Crippen molar-refractivity contribution < 1.29 is 14.3 Å². The Morgan fingerprint density at radius 1 is 1.09 bits per heavy atom. The van der Waals surface area contributed by atoms with E-state index < -0.39 is 0 Å². The number of carbonyl (C=O) groups is 2. The number of benzene rings is 2. The topological polar surface area (TPSA) is 101 Å². The molecule has 0 bridgehead atoms. The van der Waals surface area contributed by atoms with E-state index in [1.807, 2.05) is 60.0 Å². The zero-order chi connectivity index (χ0) is 22.3. The Bertz CT molecular complexity index is 1050. The fourth-order valence-electron chi connectivity index (χ4n) is 3.47. The van der Waals surface area contributed by atoms with Crippen molar-refractivity contribution in [2.24, 2.45) is 0 Å². The van der Waals surface area contributed by atoms with E-state index >= 15 is 0 Å². The quantitative estimate of drug-likeness (QED) is 0.599. The highest BCUT2D eigenvalue weighted by molar-refractivity contribution is 7.13. The number of hydrogen-bond donors (Lipinski definition) is 2. The number of morpholine rings is 1. The van der Waals surface area contributed by atoms with Gasteiger partial charge in [-0.1, -0.05) is 42.5 Å². The molecule has 0 aliphatic carbocycles. The lowest BCUT2D eigenvalue weighted by atomic mass is 10.1. The van der Waals surface area contributed by atoms with Gasteiger partial charge in [-0.3, -0.25) is 4.79 Å². The molecule has 0 saturated carbocycles. The van der Waals surface area contributed by atoms with Gasteiger partial charge in [0.2, 0.25) is 5.91 Å². The van der Waals surface area contributed by atoms with Crippen molar-refractivity contribution >= 4 is 34.1 Å². The summed E-state index contributed by atoms with van der Waals surface area (Å²) in [6.07, 6.45) is 0. The average Bonchev–Trinajstić information content (AvgIpc) is 3.26. The van der Waals surface area contributed by atoms with E-state index in [2.05, 4.69) is 10.3 Å². The normalized spacial score (nSPS) is 13.6. The van der Waals surface area contributed by atoms with E-state index in [0.717, 1.165) is 16.8 Å². The van der Waals surface area contributed by atoms with Crippen LogP contribution < -0.4 is 11.1 Å². The van der Waals surface area contributed by atoms with Gasteiger partial charge in [-0.15, -0.1) is 11.3 Å². The summed E-state index contributed by atoms with van der Waals surface area (Å²) >= 11 is 1.38. The number of amides is 3. The number of nitrogen functional groups attached to an aromatic ring is 1. The molecule has 3 aromatic rings. The maximum atomic E-state index is 13.1. The van der Waals surface area contributed by atoms with Crippen LogP contribution in [0.25, 0.3) is 11.3 Å². The highest BCUT2D eigenvalue weighted by Gasteiger charge is 2.25. The summed E-state index contributed by atoms with van der Waals surface area (Å²) in [4.78, 5) is 33.4. The minimum atomic E-state index is -0.256. The lowest BCUT2D eigenvalue weighted by molar-refractivity contribution is -0.117. The van der Waals surface area contributed by atoms with Crippen molar-refractivity contribution in [3.05, 3.63) is 65.5 Å². The number of rotatable bonds is 6. The summed E-state index contributed by atoms with van der Waals surface area (Å²) in [7, 11) is 0. The van der Waals surface area contributed by atoms with Crippen molar-refractivity contribution in [1.82, 2.24) is 14.8 Å². The van der Waals surface area contributed by atoms with E-state index in [9.17, 15) is 9.59 Å². The Morgan fingerprint density at radius 2 is 1.81 bits per heavy atom. The second-order valence-electron chi connectivity index (χ2n) is 7.42.